The summed E-state index contributed by atoms with van der Waals surface area (Å²) in [5, 5.41) is 5.52. The first-order valence-corrected chi connectivity index (χ1v) is 6.82. The first-order chi connectivity index (χ1) is 7.40. The van der Waals surface area contributed by atoms with E-state index in [2.05, 4.69) is 10.6 Å². The van der Waals surface area contributed by atoms with Gasteiger partial charge in [0.2, 0.25) is 15.9 Å². The van der Waals surface area contributed by atoms with Gasteiger partial charge in [0.15, 0.2) is 0 Å². The zero-order valence-electron chi connectivity index (χ0n) is 10.1. The van der Waals surface area contributed by atoms with Crippen molar-refractivity contribution in [3.8, 4) is 0 Å². The predicted octanol–water partition coefficient (Wildman–Crippen LogP) is -1.01. The monoisotopic (exact) mass is 251 g/mol. The Morgan fingerprint density at radius 3 is 2.38 bits per heavy atom. The third-order valence-corrected chi connectivity index (χ3v) is 3.90. The molecule has 16 heavy (non-hydrogen) atoms. The van der Waals surface area contributed by atoms with Gasteiger partial charge in [-0.2, -0.15) is 0 Å². The van der Waals surface area contributed by atoms with Crippen LogP contribution < -0.4 is 10.6 Å². The van der Waals surface area contributed by atoms with Gasteiger partial charge >= 0.3 is 0 Å². The number of rotatable bonds is 8. The highest BCUT2D eigenvalue weighted by molar-refractivity contribution is 7.89. The second-order valence-corrected chi connectivity index (χ2v) is 5.96. The van der Waals surface area contributed by atoms with Crippen LogP contribution in [0.2, 0.25) is 0 Å². The van der Waals surface area contributed by atoms with E-state index in [-0.39, 0.29) is 18.2 Å². The van der Waals surface area contributed by atoms with Crippen LogP contribution in [0.5, 0.6) is 0 Å². The van der Waals surface area contributed by atoms with Crippen molar-refractivity contribution in [2.45, 2.75) is 12.8 Å². The molecular formula is C9H21N3O3S. The first-order valence-electron chi connectivity index (χ1n) is 5.21. The fourth-order valence-electron chi connectivity index (χ4n) is 1.02. The average molecular weight is 251 g/mol. The lowest BCUT2D eigenvalue weighted by atomic mass is 10.3. The Balaban J connectivity index is 3.70. The first kappa shape index (κ1) is 15.3. The largest absolute Gasteiger partial charge is 0.355 e. The highest BCUT2D eigenvalue weighted by Gasteiger charge is 2.13. The molecule has 0 aliphatic heterocycles. The number of sulfonamides is 1. The minimum absolute atomic E-state index is 0.0578. The lowest BCUT2D eigenvalue weighted by Gasteiger charge is -2.11. The number of amides is 1. The molecule has 7 heteroatoms. The summed E-state index contributed by atoms with van der Waals surface area (Å²) in [6.45, 7) is 0.947. The van der Waals surface area contributed by atoms with Gasteiger partial charge in [0.25, 0.3) is 0 Å². The molecule has 0 spiro atoms. The minimum Gasteiger partial charge on any atom is -0.355 e. The van der Waals surface area contributed by atoms with Gasteiger partial charge in [-0.3, -0.25) is 4.79 Å². The second kappa shape index (κ2) is 7.59. The third-order valence-electron chi connectivity index (χ3n) is 2.07. The van der Waals surface area contributed by atoms with Gasteiger partial charge in [0.05, 0.1) is 5.75 Å². The number of nitrogens with one attached hydrogen (secondary N) is 2. The van der Waals surface area contributed by atoms with Gasteiger partial charge in [-0.1, -0.05) is 0 Å². The summed E-state index contributed by atoms with van der Waals surface area (Å²) in [6.07, 6.45) is 1.17. The molecule has 0 aromatic rings. The maximum atomic E-state index is 11.3. The summed E-state index contributed by atoms with van der Waals surface area (Å²) in [5.41, 5.74) is 0. The summed E-state index contributed by atoms with van der Waals surface area (Å²) in [7, 11) is 1.56. The van der Waals surface area contributed by atoms with E-state index in [9.17, 15) is 13.2 Å². The number of hydrogen-bond acceptors (Lipinski definition) is 4. The molecule has 2 N–H and O–H groups in total. The van der Waals surface area contributed by atoms with E-state index in [0.717, 1.165) is 17.3 Å². The fraction of sp³-hybridized carbons (Fsp3) is 0.889. The SMILES string of the molecule is CNCCCC(=O)NCCS(=O)(=O)N(C)C. The molecule has 0 fully saturated rings. The Morgan fingerprint density at radius 1 is 1.25 bits per heavy atom. The lowest BCUT2D eigenvalue weighted by Crippen LogP contribution is -2.34. The van der Waals surface area contributed by atoms with Crippen molar-refractivity contribution in [1.82, 2.24) is 14.9 Å². The van der Waals surface area contributed by atoms with Crippen molar-refractivity contribution >= 4 is 15.9 Å². The van der Waals surface area contributed by atoms with Crippen molar-refractivity contribution in [3.63, 3.8) is 0 Å². The van der Waals surface area contributed by atoms with Crippen LogP contribution >= 0.6 is 0 Å². The molecule has 96 valence electrons. The molecule has 0 aliphatic rings. The van der Waals surface area contributed by atoms with Crippen molar-refractivity contribution < 1.29 is 13.2 Å². The molecule has 0 saturated carbocycles. The van der Waals surface area contributed by atoms with Crippen LogP contribution in [0.4, 0.5) is 0 Å². The molecule has 1 amide bonds. The average Bonchev–Trinajstić information content (AvgIpc) is 2.17. The fourth-order valence-corrected chi connectivity index (χ4v) is 1.74. The molecule has 0 aromatic carbocycles. The molecule has 0 saturated heterocycles. The van der Waals surface area contributed by atoms with Crippen LogP contribution in [0.25, 0.3) is 0 Å². The van der Waals surface area contributed by atoms with Crippen LogP contribution in [-0.4, -0.2) is 58.6 Å². The van der Waals surface area contributed by atoms with E-state index >= 15 is 0 Å². The summed E-state index contributed by atoms with van der Waals surface area (Å²) in [6, 6.07) is 0. The Kier molecular flexibility index (Phi) is 7.27. The molecule has 0 aliphatic carbocycles. The van der Waals surface area contributed by atoms with Crippen molar-refractivity contribution in [3.05, 3.63) is 0 Å². The third kappa shape index (κ3) is 6.76. The smallest absolute Gasteiger partial charge is 0.220 e. The number of carbonyl (C=O) groups excluding carboxylic acids is 1. The number of hydrogen-bond donors (Lipinski definition) is 2. The Labute approximate surface area is 97.4 Å². The van der Waals surface area contributed by atoms with Crippen LogP contribution in [-0.2, 0) is 14.8 Å². The number of nitrogens with zero attached hydrogens (tertiary/aromatic N) is 1. The van der Waals surface area contributed by atoms with Crippen LogP contribution in [0, 0.1) is 0 Å². The molecule has 6 nitrogen and oxygen atoms in total. The zero-order chi connectivity index (χ0) is 12.6. The standard InChI is InChI=1S/C9H21N3O3S/c1-10-6-4-5-9(13)11-7-8-16(14,15)12(2)3/h10H,4-8H2,1-3H3,(H,11,13). The zero-order valence-corrected chi connectivity index (χ0v) is 10.9. The topological polar surface area (TPSA) is 78.5 Å². The molecule has 0 atom stereocenters. The second-order valence-electron chi connectivity index (χ2n) is 3.66. The summed E-state index contributed by atoms with van der Waals surface area (Å²) in [5.74, 6) is -0.165. The van der Waals surface area contributed by atoms with Crippen molar-refractivity contribution in [1.29, 1.82) is 0 Å². The molecular weight excluding hydrogens is 230 g/mol. The van der Waals surface area contributed by atoms with Gasteiger partial charge in [0.1, 0.15) is 0 Å². The van der Waals surface area contributed by atoms with Gasteiger partial charge in [0, 0.05) is 27.1 Å². The molecule has 0 unspecified atom stereocenters. The van der Waals surface area contributed by atoms with Gasteiger partial charge in [-0.05, 0) is 20.0 Å². The van der Waals surface area contributed by atoms with Crippen LogP contribution in [0.15, 0.2) is 0 Å². The van der Waals surface area contributed by atoms with E-state index in [1.165, 1.54) is 14.1 Å². The van der Waals surface area contributed by atoms with Crippen molar-refractivity contribution in [2.75, 3.05) is 40.0 Å². The Morgan fingerprint density at radius 2 is 1.88 bits per heavy atom. The molecule has 0 radical (unpaired) electrons. The lowest BCUT2D eigenvalue weighted by molar-refractivity contribution is -0.121. The van der Waals surface area contributed by atoms with Crippen molar-refractivity contribution in [2.24, 2.45) is 0 Å². The van der Waals surface area contributed by atoms with Gasteiger partial charge in [-0.25, -0.2) is 12.7 Å². The minimum atomic E-state index is -3.21. The highest BCUT2D eigenvalue weighted by Crippen LogP contribution is 1.93. The predicted molar refractivity (Wildman–Crippen MR) is 63.6 cm³/mol. The maximum absolute atomic E-state index is 11.3. The molecule has 0 heterocycles. The summed E-state index contributed by atoms with van der Waals surface area (Å²) >= 11 is 0. The summed E-state index contributed by atoms with van der Waals surface area (Å²) < 4.78 is 23.8. The van der Waals surface area contributed by atoms with Crippen LogP contribution in [0.3, 0.4) is 0 Å². The van der Waals surface area contributed by atoms with E-state index in [1.807, 2.05) is 7.05 Å². The highest BCUT2D eigenvalue weighted by atomic mass is 32.2. The Hall–Kier alpha value is -0.660. The number of carbonyl (C=O) groups is 1. The van der Waals surface area contributed by atoms with E-state index in [4.69, 9.17) is 0 Å². The van der Waals surface area contributed by atoms with Gasteiger partial charge in [-0.15, -0.1) is 0 Å². The van der Waals surface area contributed by atoms with E-state index in [0.29, 0.717) is 6.42 Å². The quantitative estimate of drug-likeness (QED) is 0.542. The van der Waals surface area contributed by atoms with E-state index < -0.39 is 10.0 Å². The maximum Gasteiger partial charge on any atom is 0.220 e. The molecule has 0 bridgehead atoms. The van der Waals surface area contributed by atoms with Gasteiger partial charge < -0.3 is 10.6 Å². The molecule has 0 rings (SSSR count). The summed E-state index contributed by atoms with van der Waals surface area (Å²) in [4.78, 5) is 11.2. The Bertz CT molecular complexity index is 301. The van der Waals surface area contributed by atoms with E-state index in [1.54, 1.807) is 0 Å². The van der Waals surface area contributed by atoms with Crippen LogP contribution in [0.1, 0.15) is 12.8 Å². The molecule has 0 aromatic heterocycles. The normalized spacial score (nSPS) is 11.8.